The van der Waals surface area contributed by atoms with E-state index in [0.29, 0.717) is 10.9 Å². The number of carbonyl (C=O) groups excluding carboxylic acids is 1. The molecule has 76 valence electrons. The van der Waals surface area contributed by atoms with Gasteiger partial charge in [-0.1, -0.05) is 6.07 Å². The molecule has 1 aromatic rings. The smallest absolute Gasteiger partial charge is 0.226 e. The van der Waals surface area contributed by atoms with Crippen LogP contribution in [0, 0.1) is 5.82 Å². The highest BCUT2D eigenvalue weighted by Crippen LogP contribution is 2.17. The normalized spacial score (nSPS) is 10.0. The third kappa shape index (κ3) is 2.80. The van der Waals surface area contributed by atoms with Crippen molar-refractivity contribution in [2.24, 2.45) is 0 Å². The van der Waals surface area contributed by atoms with Crippen LogP contribution in [0.1, 0.15) is 5.56 Å². The van der Waals surface area contributed by atoms with E-state index in [1.54, 1.807) is 26.2 Å². The zero-order valence-electron chi connectivity index (χ0n) is 8.05. The first-order valence-electron chi connectivity index (χ1n) is 4.15. The van der Waals surface area contributed by atoms with Gasteiger partial charge in [0, 0.05) is 14.1 Å². The maximum Gasteiger partial charge on any atom is 0.226 e. The molecule has 2 nitrogen and oxygen atoms in total. The van der Waals surface area contributed by atoms with E-state index in [9.17, 15) is 9.18 Å². The molecule has 1 amide bonds. The Morgan fingerprint density at radius 2 is 2.14 bits per heavy atom. The van der Waals surface area contributed by atoms with E-state index in [2.05, 4.69) is 15.9 Å². The predicted molar refractivity (Wildman–Crippen MR) is 56.5 cm³/mol. The average molecular weight is 260 g/mol. The molecule has 0 aromatic heterocycles. The van der Waals surface area contributed by atoms with Gasteiger partial charge in [-0.2, -0.15) is 0 Å². The molecule has 1 aromatic carbocycles. The van der Waals surface area contributed by atoms with Gasteiger partial charge in [0.25, 0.3) is 0 Å². The Hall–Kier alpha value is -0.900. The zero-order chi connectivity index (χ0) is 10.7. The zero-order valence-corrected chi connectivity index (χ0v) is 9.64. The number of halogens is 2. The maximum absolute atomic E-state index is 12.9. The number of hydrogen-bond donors (Lipinski definition) is 0. The first kappa shape index (κ1) is 11.2. The van der Waals surface area contributed by atoms with Crippen molar-refractivity contribution >= 4 is 21.8 Å². The lowest BCUT2D eigenvalue weighted by molar-refractivity contribution is -0.127. The monoisotopic (exact) mass is 259 g/mol. The van der Waals surface area contributed by atoms with Crippen molar-refractivity contribution in [3.63, 3.8) is 0 Å². The summed E-state index contributed by atoms with van der Waals surface area (Å²) in [6.07, 6.45) is 0.297. The van der Waals surface area contributed by atoms with Gasteiger partial charge in [-0.3, -0.25) is 4.79 Å². The molecule has 0 spiro atoms. The van der Waals surface area contributed by atoms with Gasteiger partial charge in [0.05, 0.1) is 10.9 Å². The van der Waals surface area contributed by atoms with Gasteiger partial charge in [0.2, 0.25) is 5.91 Å². The summed E-state index contributed by atoms with van der Waals surface area (Å²) < 4.78 is 13.2. The largest absolute Gasteiger partial charge is 0.349 e. The van der Waals surface area contributed by atoms with Crippen LogP contribution in [0.4, 0.5) is 4.39 Å². The van der Waals surface area contributed by atoms with Crippen LogP contribution < -0.4 is 0 Å². The van der Waals surface area contributed by atoms with Gasteiger partial charge in [-0.25, -0.2) is 4.39 Å². The molecule has 0 aliphatic heterocycles. The third-order valence-corrected chi connectivity index (χ3v) is 2.45. The first-order chi connectivity index (χ1) is 6.50. The van der Waals surface area contributed by atoms with E-state index in [-0.39, 0.29) is 11.7 Å². The molecule has 0 fully saturated rings. The molecule has 14 heavy (non-hydrogen) atoms. The van der Waals surface area contributed by atoms with E-state index >= 15 is 0 Å². The van der Waals surface area contributed by atoms with Crippen LogP contribution in [0.5, 0.6) is 0 Å². The van der Waals surface area contributed by atoms with Gasteiger partial charge >= 0.3 is 0 Å². The molecule has 1 rings (SSSR count). The fraction of sp³-hybridized carbons (Fsp3) is 0.300. The summed E-state index contributed by atoms with van der Waals surface area (Å²) in [7, 11) is 3.39. The summed E-state index contributed by atoms with van der Waals surface area (Å²) >= 11 is 3.07. The fourth-order valence-corrected chi connectivity index (χ4v) is 1.41. The van der Waals surface area contributed by atoms with Crippen molar-refractivity contribution in [3.05, 3.63) is 34.1 Å². The maximum atomic E-state index is 12.9. The van der Waals surface area contributed by atoms with Crippen LogP contribution in [0.25, 0.3) is 0 Å². The fourth-order valence-electron chi connectivity index (χ4n) is 0.982. The third-order valence-electron chi connectivity index (χ3n) is 1.84. The molecule has 0 N–H and O–H groups in total. The van der Waals surface area contributed by atoms with Gasteiger partial charge < -0.3 is 4.90 Å². The quantitative estimate of drug-likeness (QED) is 0.798. The van der Waals surface area contributed by atoms with Crippen LogP contribution in [0.2, 0.25) is 0 Å². The molecule has 0 radical (unpaired) electrons. The summed E-state index contributed by atoms with van der Waals surface area (Å²) in [5.41, 5.74) is 0.803. The van der Waals surface area contributed by atoms with E-state index < -0.39 is 0 Å². The second-order valence-corrected chi connectivity index (χ2v) is 4.07. The minimum atomic E-state index is -0.314. The number of benzene rings is 1. The van der Waals surface area contributed by atoms with Crippen molar-refractivity contribution in [3.8, 4) is 0 Å². The molecule has 0 aliphatic rings. The van der Waals surface area contributed by atoms with E-state index in [1.807, 2.05) is 0 Å². The van der Waals surface area contributed by atoms with Gasteiger partial charge in [-0.15, -0.1) is 0 Å². The molecular formula is C10H11BrFNO. The predicted octanol–water partition coefficient (Wildman–Crippen LogP) is 2.22. The molecule has 0 aliphatic carbocycles. The number of hydrogen-bond acceptors (Lipinski definition) is 1. The molecule has 4 heteroatoms. The van der Waals surface area contributed by atoms with E-state index in [0.717, 1.165) is 5.56 Å². The molecule has 0 heterocycles. The Bertz CT molecular complexity index is 352. The average Bonchev–Trinajstić information content (AvgIpc) is 2.11. The van der Waals surface area contributed by atoms with E-state index in [1.165, 1.54) is 11.0 Å². The highest BCUT2D eigenvalue weighted by molar-refractivity contribution is 9.10. The summed E-state index contributed by atoms with van der Waals surface area (Å²) in [5.74, 6) is -0.311. The van der Waals surface area contributed by atoms with Gasteiger partial charge in [0.1, 0.15) is 5.82 Å². The van der Waals surface area contributed by atoms with E-state index in [4.69, 9.17) is 0 Å². The SMILES string of the molecule is CN(C)C(=O)Cc1ccc(F)c(Br)c1. The van der Waals surface area contributed by atoms with Gasteiger partial charge in [-0.05, 0) is 33.6 Å². The Kier molecular flexibility index (Phi) is 3.63. The van der Waals surface area contributed by atoms with Crippen LogP contribution in [-0.2, 0) is 11.2 Å². The number of likely N-dealkylation sites (N-methyl/N-ethyl adjacent to an activating group) is 1. The lowest BCUT2D eigenvalue weighted by Crippen LogP contribution is -2.23. The topological polar surface area (TPSA) is 20.3 Å². The molecule has 0 atom stereocenters. The second kappa shape index (κ2) is 4.55. The Balaban J connectivity index is 2.78. The first-order valence-corrected chi connectivity index (χ1v) is 4.94. The molecule has 0 saturated carbocycles. The van der Waals surface area contributed by atoms with Crippen LogP contribution in [0.3, 0.4) is 0 Å². The van der Waals surface area contributed by atoms with Crippen molar-refractivity contribution in [2.45, 2.75) is 6.42 Å². The minimum Gasteiger partial charge on any atom is -0.349 e. The number of carbonyl (C=O) groups is 1. The van der Waals surface area contributed by atoms with Crippen molar-refractivity contribution in [1.82, 2.24) is 4.90 Å². The number of rotatable bonds is 2. The van der Waals surface area contributed by atoms with Crippen molar-refractivity contribution in [1.29, 1.82) is 0 Å². The van der Waals surface area contributed by atoms with Crippen molar-refractivity contribution < 1.29 is 9.18 Å². The molecule has 0 saturated heterocycles. The lowest BCUT2D eigenvalue weighted by atomic mass is 10.1. The van der Waals surface area contributed by atoms with Crippen LogP contribution >= 0.6 is 15.9 Å². The summed E-state index contributed by atoms with van der Waals surface area (Å²) in [6.45, 7) is 0. The lowest BCUT2D eigenvalue weighted by Gasteiger charge is -2.10. The minimum absolute atomic E-state index is 0.00325. The highest BCUT2D eigenvalue weighted by atomic mass is 79.9. The Labute approximate surface area is 90.8 Å². The van der Waals surface area contributed by atoms with Crippen LogP contribution in [0.15, 0.2) is 22.7 Å². The second-order valence-electron chi connectivity index (χ2n) is 3.21. The highest BCUT2D eigenvalue weighted by Gasteiger charge is 2.07. The summed E-state index contributed by atoms with van der Waals surface area (Å²) in [4.78, 5) is 12.8. The molecular weight excluding hydrogens is 249 g/mol. The van der Waals surface area contributed by atoms with Gasteiger partial charge in [0.15, 0.2) is 0 Å². The standard InChI is InChI=1S/C10H11BrFNO/c1-13(2)10(14)6-7-3-4-9(12)8(11)5-7/h3-5H,6H2,1-2H3. The Morgan fingerprint density at radius 1 is 1.50 bits per heavy atom. The molecule has 0 unspecified atom stereocenters. The summed E-state index contributed by atoms with van der Waals surface area (Å²) in [6, 6.07) is 4.58. The Morgan fingerprint density at radius 3 is 2.64 bits per heavy atom. The molecule has 0 bridgehead atoms. The number of nitrogens with zero attached hydrogens (tertiary/aromatic N) is 1. The van der Waals surface area contributed by atoms with Crippen LogP contribution in [-0.4, -0.2) is 24.9 Å². The summed E-state index contributed by atoms with van der Waals surface area (Å²) in [5, 5.41) is 0. The van der Waals surface area contributed by atoms with Crippen molar-refractivity contribution in [2.75, 3.05) is 14.1 Å². The number of amides is 1.